The van der Waals surface area contributed by atoms with Gasteiger partial charge in [0, 0.05) is 0 Å². The molecule has 0 aliphatic heterocycles. The molecular weight excluding hydrogens is 356 g/mol. The van der Waals surface area contributed by atoms with Crippen LogP contribution in [0.1, 0.15) is 0 Å². The first-order valence-electron chi connectivity index (χ1n) is 2.94. The molecule has 0 atom stereocenters. The third-order valence-electron chi connectivity index (χ3n) is 1.04. The molecule has 0 fully saturated rings. The van der Waals surface area contributed by atoms with Gasteiger partial charge in [-0.05, 0) is 0 Å². The van der Waals surface area contributed by atoms with E-state index in [0.717, 1.165) is 0 Å². The molecule has 0 aromatic rings. The first-order valence-corrected chi connectivity index (χ1v) is 6.12. The van der Waals surface area contributed by atoms with Crippen LogP contribution >= 0.6 is 92.8 Å². The van der Waals surface area contributed by atoms with Crippen molar-refractivity contribution < 1.29 is 0 Å². The molecule has 0 bridgehead atoms. The van der Waals surface area contributed by atoms with Crippen molar-refractivity contribution in [3.8, 4) is 0 Å². The van der Waals surface area contributed by atoms with Gasteiger partial charge >= 0.3 is 0 Å². The van der Waals surface area contributed by atoms with E-state index in [9.17, 15) is 0 Å². The number of alkyl halides is 3. The van der Waals surface area contributed by atoms with Gasteiger partial charge in [-0.3, -0.25) is 0 Å². The molecular formula is C6H2Cl8. The van der Waals surface area contributed by atoms with Crippen molar-refractivity contribution in [1.29, 1.82) is 0 Å². The fourth-order valence-electron chi connectivity index (χ4n) is 0.399. The standard InChI is InChI=1S/C6H2Cl8/c7-1-6(13,14)4(10)2(8)3(9)5(11)12/h1H2. The quantitative estimate of drug-likeness (QED) is 0.431. The maximum Gasteiger partial charge on any atom is 0.168 e. The Bertz CT molecular complexity index is 272. The normalized spacial score (nSPS) is 13.7. The van der Waals surface area contributed by atoms with Gasteiger partial charge in [0.15, 0.2) is 4.33 Å². The van der Waals surface area contributed by atoms with Gasteiger partial charge in [-0.15, -0.1) is 11.6 Å². The van der Waals surface area contributed by atoms with E-state index in [1.54, 1.807) is 0 Å². The van der Waals surface area contributed by atoms with E-state index in [1.165, 1.54) is 0 Å². The average Bonchev–Trinajstić information content (AvgIpc) is 2.14. The fourth-order valence-corrected chi connectivity index (χ4v) is 1.73. The van der Waals surface area contributed by atoms with Crippen LogP contribution in [0.5, 0.6) is 0 Å². The highest BCUT2D eigenvalue weighted by molar-refractivity contribution is 6.64. The summed E-state index contributed by atoms with van der Waals surface area (Å²) in [6, 6.07) is 0. The highest BCUT2D eigenvalue weighted by atomic mass is 35.5. The summed E-state index contributed by atoms with van der Waals surface area (Å²) in [4.78, 5) is 0. The summed E-state index contributed by atoms with van der Waals surface area (Å²) in [5.74, 6) is -0.158. The van der Waals surface area contributed by atoms with Gasteiger partial charge in [0.25, 0.3) is 0 Å². The van der Waals surface area contributed by atoms with Crippen LogP contribution in [0.15, 0.2) is 19.6 Å². The Kier molecular flexibility index (Phi) is 7.35. The van der Waals surface area contributed by atoms with Gasteiger partial charge in [0.05, 0.1) is 21.0 Å². The predicted octanol–water partition coefficient (Wildman–Crippen LogP) is 5.97. The van der Waals surface area contributed by atoms with E-state index in [0.29, 0.717) is 0 Å². The second-order valence-electron chi connectivity index (χ2n) is 2.04. The Morgan fingerprint density at radius 2 is 1.29 bits per heavy atom. The minimum atomic E-state index is -1.52. The molecule has 0 saturated carbocycles. The van der Waals surface area contributed by atoms with Gasteiger partial charge in [-0.25, -0.2) is 0 Å². The van der Waals surface area contributed by atoms with Crippen LogP contribution in [0.4, 0.5) is 0 Å². The summed E-state index contributed by atoms with van der Waals surface area (Å²) < 4.78 is -1.77. The van der Waals surface area contributed by atoms with Gasteiger partial charge in [-0.1, -0.05) is 81.2 Å². The Morgan fingerprint density at radius 1 is 0.857 bits per heavy atom. The smallest absolute Gasteiger partial charge is 0.123 e. The monoisotopic (exact) mass is 354 g/mol. The lowest BCUT2D eigenvalue weighted by atomic mass is 10.4. The molecule has 0 unspecified atom stereocenters. The Hall–Kier alpha value is 1.80. The highest BCUT2D eigenvalue weighted by Gasteiger charge is 2.30. The molecule has 0 rings (SSSR count). The summed E-state index contributed by atoms with van der Waals surface area (Å²) >= 11 is 44.6. The number of halogens is 8. The lowest BCUT2D eigenvalue weighted by Crippen LogP contribution is -2.16. The first kappa shape index (κ1) is 15.8. The molecule has 0 saturated heterocycles. The minimum Gasteiger partial charge on any atom is -0.123 e. The molecule has 8 heteroatoms. The zero-order valence-electron chi connectivity index (χ0n) is 6.23. The number of hydrogen-bond donors (Lipinski definition) is 0. The third kappa shape index (κ3) is 4.35. The SMILES string of the molecule is ClCC(Cl)(Cl)C(Cl)=C(Cl)C(Cl)=C(Cl)Cl. The van der Waals surface area contributed by atoms with Crippen molar-refractivity contribution in [3.05, 3.63) is 19.6 Å². The molecule has 0 heterocycles. The largest absolute Gasteiger partial charge is 0.168 e. The van der Waals surface area contributed by atoms with Crippen molar-refractivity contribution in [1.82, 2.24) is 0 Å². The Morgan fingerprint density at radius 3 is 1.57 bits per heavy atom. The molecule has 0 aromatic heterocycles. The third-order valence-corrected chi connectivity index (χ3v) is 4.59. The van der Waals surface area contributed by atoms with Crippen molar-refractivity contribution in [2.24, 2.45) is 0 Å². The van der Waals surface area contributed by atoms with E-state index in [2.05, 4.69) is 0 Å². The van der Waals surface area contributed by atoms with Crippen molar-refractivity contribution in [3.63, 3.8) is 0 Å². The van der Waals surface area contributed by atoms with Crippen LogP contribution in [0.2, 0.25) is 0 Å². The van der Waals surface area contributed by atoms with Crippen LogP contribution in [-0.2, 0) is 0 Å². The van der Waals surface area contributed by atoms with Gasteiger partial charge < -0.3 is 0 Å². The first-order chi connectivity index (χ1) is 6.24. The lowest BCUT2D eigenvalue weighted by molar-refractivity contribution is 1.10. The van der Waals surface area contributed by atoms with Gasteiger partial charge in [0.1, 0.15) is 4.49 Å². The average molecular weight is 358 g/mol. The molecule has 0 amide bonds. The summed E-state index contributed by atoms with van der Waals surface area (Å²) in [6.45, 7) is 0. The van der Waals surface area contributed by atoms with Crippen LogP contribution in [-0.4, -0.2) is 10.2 Å². The maximum absolute atomic E-state index is 5.73. The number of rotatable bonds is 3. The molecule has 0 spiro atoms. The van der Waals surface area contributed by atoms with E-state index < -0.39 is 4.33 Å². The molecule has 0 N–H and O–H groups in total. The summed E-state index contributed by atoms with van der Waals surface area (Å²) in [5.41, 5.74) is 0. The van der Waals surface area contributed by atoms with Gasteiger partial charge in [-0.2, -0.15) is 0 Å². The summed E-state index contributed by atoms with van der Waals surface area (Å²) in [5, 5.41) is -0.420. The molecule has 0 nitrogen and oxygen atoms in total. The van der Waals surface area contributed by atoms with Crippen LogP contribution in [0.3, 0.4) is 0 Å². The summed E-state index contributed by atoms with van der Waals surface area (Å²) in [6.07, 6.45) is 0. The molecule has 0 aromatic carbocycles. The Balaban J connectivity index is 5.24. The maximum atomic E-state index is 5.73. The minimum absolute atomic E-state index is 0.138. The molecule has 0 aliphatic carbocycles. The van der Waals surface area contributed by atoms with Gasteiger partial charge in [0.2, 0.25) is 0 Å². The zero-order chi connectivity index (χ0) is 11.5. The van der Waals surface area contributed by atoms with E-state index >= 15 is 0 Å². The van der Waals surface area contributed by atoms with Crippen LogP contribution in [0.25, 0.3) is 0 Å². The molecule has 82 valence electrons. The van der Waals surface area contributed by atoms with Crippen molar-refractivity contribution in [2.45, 2.75) is 4.33 Å². The van der Waals surface area contributed by atoms with Crippen molar-refractivity contribution in [2.75, 3.05) is 5.88 Å². The Labute approximate surface area is 122 Å². The van der Waals surface area contributed by atoms with E-state index in [4.69, 9.17) is 92.8 Å². The summed E-state index contributed by atoms with van der Waals surface area (Å²) in [7, 11) is 0. The van der Waals surface area contributed by atoms with E-state index in [1.807, 2.05) is 0 Å². The number of hydrogen-bond acceptors (Lipinski definition) is 0. The number of allylic oxidation sites excluding steroid dienone is 3. The molecule has 14 heavy (non-hydrogen) atoms. The van der Waals surface area contributed by atoms with Crippen molar-refractivity contribution >= 4 is 92.8 Å². The fraction of sp³-hybridized carbons (Fsp3) is 0.333. The van der Waals surface area contributed by atoms with Crippen LogP contribution in [0, 0.1) is 0 Å². The lowest BCUT2D eigenvalue weighted by Gasteiger charge is -2.16. The zero-order valence-corrected chi connectivity index (χ0v) is 12.3. The predicted molar refractivity (Wildman–Crippen MR) is 68.5 cm³/mol. The molecule has 0 radical (unpaired) electrons. The van der Waals surface area contributed by atoms with Crippen LogP contribution < -0.4 is 0 Å². The highest BCUT2D eigenvalue weighted by Crippen LogP contribution is 2.41. The van der Waals surface area contributed by atoms with E-state index in [-0.39, 0.29) is 25.5 Å². The molecule has 0 aliphatic rings. The second-order valence-corrected chi connectivity index (χ2v) is 5.87. The topological polar surface area (TPSA) is 0 Å². The second kappa shape index (κ2) is 6.51.